The summed E-state index contributed by atoms with van der Waals surface area (Å²) in [6, 6.07) is 9.88. The number of aromatic nitrogens is 4. The third-order valence-electron chi connectivity index (χ3n) is 4.66. The van der Waals surface area contributed by atoms with Gasteiger partial charge in [-0.1, -0.05) is 18.2 Å². The minimum absolute atomic E-state index is 0.0100. The first-order valence-corrected chi connectivity index (χ1v) is 8.07. The number of nitrogens with zero attached hydrogens (tertiary/aromatic N) is 3. The van der Waals surface area contributed by atoms with Gasteiger partial charge in [-0.2, -0.15) is 4.98 Å². The number of anilines is 1. The molecule has 122 valence electrons. The van der Waals surface area contributed by atoms with E-state index < -0.39 is 0 Å². The molecule has 0 saturated heterocycles. The summed E-state index contributed by atoms with van der Waals surface area (Å²) in [5.41, 5.74) is 5.68. The minimum atomic E-state index is -0.277. The van der Waals surface area contributed by atoms with Crippen molar-refractivity contribution >= 4 is 16.7 Å². The summed E-state index contributed by atoms with van der Waals surface area (Å²) in [6.07, 6.45) is 5.42. The molecular weight excluding hydrogens is 314 g/mol. The van der Waals surface area contributed by atoms with Crippen molar-refractivity contribution in [2.24, 2.45) is 0 Å². The van der Waals surface area contributed by atoms with Crippen molar-refractivity contribution < 1.29 is 5.11 Å². The Morgan fingerprint density at radius 2 is 1.92 bits per heavy atom. The van der Waals surface area contributed by atoms with E-state index in [0.29, 0.717) is 11.4 Å². The Bertz CT molecular complexity index is 1120. The van der Waals surface area contributed by atoms with Crippen molar-refractivity contribution in [3.8, 4) is 17.0 Å². The summed E-state index contributed by atoms with van der Waals surface area (Å²) in [5.74, 6) is 0.528. The summed E-state index contributed by atoms with van der Waals surface area (Å²) in [7, 11) is 0. The molecule has 0 amide bonds. The molecule has 1 unspecified atom stereocenters. The topological polar surface area (TPSA) is 86.7 Å². The number of pyridine rings is 1. The third-order valence-corrected chi connectivity index (χ3v) is 4.66. The van der Waals surface area contributed by atoms with E-state index >= 15 is 0 Å². The first kappa shape index (κ1) is 14.0. The van der Waals surface area contributed by atoms with Crippen LogP contribution in [-0.2, 0) is 0 Å². The number of rotatable bonds is 1. The lowest BCUT2D eigenvalue weighted by molar-refractivity contribution is 0.441. The number of aromatic amines is 1. The Hall–Kier alpha value is -3.41. The Morgan fingerprint density at radius 1 is 1.04 bits per heavy atom. The molecule has 3 aromatic heterocycles. The van der Waals surface area contributed by atoms with Gasteiger partial charge in [-0.05, 0) is 24.6 Å². The number of H-pyrrole nitrogens is 1. The maximum atomic E-state index is 10.4. The van der Waals surface area contributed by atoms with E-state index in [0.717, 1.165) is 33.4 Å². The quantitative estimate of drug-likeness (QED) is 0.497. The SMILES string of the molecule is Cc1ncc(C2Nc3ccccc3-c3ccnc4[nH]cc2c34)c(O)n1. The Balaban J connectivity index is 1.85. The Morgan fingerprint density at radius 3 is 2.80 bits per heavy atom. The Kier molecular flexibility index (Phi) is 2.82. The summed E-state index contributed by atoms with van der Waals surface area (Å²) in [4.78, 5) is 16.1. The van der Waals surface area contributed by atoms with Crippen molar-refractivity contribution in [2.75, 3.05) is 5.32 Å². The number of aromatic hydroxyl groups is 1. The van der Waals surface area contributed by atoms with E-state index in [9.17, 15) is 5.11 Å². The van der Waals surface area contributed by atoms with Crippen LogP contribution in [0.3, 0.4) is 0 Å². The van der Waals surface area contributed by atoms with Crippen LogP contribution < -0.4 is 5.32 Å². The number of para-hydroxylation sites is 1. The third kappa shape index (κ3) is 2.00. The second-order valence-electron chi connectivity index (χ2n) is 6.15. The molecule has 25 heavy (non-hydrogen) atoms. The normalized spacial score (nSPS) is 15.5. The highest BCUT2D eigenvalue weighted by Crippen LogP contribution is 2.44. The molecule has 0 aliphatic carbocycles. The van der Waals surface area contributed by atoms with Gasteiger partial charge in [-0.3, -0.25) is 0 Å². The van der Waals surface area contributed by atoms with E-state index in [-0.39, 0.29) is 11.9 Å². The van der Waals surface area contributed by atoms with E-state index in [4.69, 9.17) is 0 Å². The molecule has 1 aromatic carbocycles. The number of fused-ring (bicyclic) bond motifs is 2. The van der Waals surface area contributed by atoms with Crippen molar-refractivity contribution in [1.82, 2.24) is 19.9 Å². The van der Waals surface area contributed by atoms with Crippen molar-refractivity contribution in [1.29, 1.82) is 0 Å². The van der Waals surface area contributed by atoms with E-state index in [1.807, 2.05) is 36.7 Å². The highest BCUT2D eigenvalue weighted by Gasteiger charge is 2.28. The summed E-state index contributed by atoms with van der Waals surface area (Å²) < 4.78 is 0. The molecule has 0 saturated carbocycles. The lowest BCUT2D eigenvalue weighted by Gasteiger charge is -2.19. The average molecular weight is 329 g/mol. The van der Waals surface area contributed by atoms with Crippen LogP contribution in [0.4, 0.5) is 5.69 Å². The molecule has 5 rings (SSSR count). The molecule has 1 atom stereocenters. The van der Waals surface area contributed by atoms with Gasteiger partial charge in [0.15, 0.2) is 0 Å². The van der Waals surface area contributed by atoms with Crippen molar-refractivity contribution in [3.05, 3.63) is 65.9 Å². The number of benzene rings is 1. The molecule has 6 heteroatoms. The van der Waals surface area contributed by atoms with Crippen molar-refractivity contribution in [3.63, 3.8) is 0 Å². The standard InChI is InChI=1S/C19H15N5O/c1-10-21-9-14(19(25)23-10)17-13-8-22-18-16(13)12(6-7-20-18)11-4-2-3-5-15(11)24-17/h2-9,17,24H,1H3,(H,20,22)(H,21,23,25). The molecule has 4 heterocycles. The zero-order valence-electron chi connectivity index (χ0n) is 13.5. The molecular formula is C19H15N5O. The van der Waals surface area contributed by atoms with Crippen LogP contribution in [0.25, 0.3) is 22.2 Å². The number of aryl methyl sites for hydroxylation is 1. The zero-order chi connectivity index (χ0) is 17.0. The average Bonchev–Trinajstić information content (AvgIpc) is 2.98. The van der Waals surface area contributed by atoms with Gasteiger partial charge in [0.05, 0.1) is 11.6 Å². The van der Waals surface area contributed by atoms with Gasteiger partial charge < -0.3 is 15.4 Å². The lowest BCUT2D eigenvalue weighted by Crippen LogP contribution is -2.12. The van der Waals surface area contributed by atoms with Gasteiger partial charge in [0.2, 0.25) is 5.88 Å². The number of hydrogen-bond acceptors (Lipinski definition) is 5. The van der Waals surface area contributed by atoms with Crippen molar-refractivity contribution in [2.45, 2.75) is 13.0 Å². The zero-order valence-corrected chi connectivity index (χ0v) is 13.5. The molecule has 0 fully saturated rings. The van der Waals surface area contributed by atoms with Gasteiger partial charge >= 0.3 is 0 Å². The molecule has 0 radical (unpaired) electrons. The fraction of sp³-hybridized carbons (Fsp3) is 0.105. The molecule has 3 N–H and O–H groups in total. The summed E-state index contributed by atoms with van der Waals surface area (Å²) in [6.45, 7) is 1.76. The number of hydrogen-bond donors (Lipinski definition) is 3. The van der Waals surface area contributed by atoms with Crippen LogP contribution in [0, 0.1) is 6.92 Å². The second-order valence-corrected chi connectivity index (χ2v) is 6.15. The van der Waals surface area contributed by atoms with Crippen LogP contribution in [0.2, 0.25) is 0 Å². The maximum Gasteiger partial charge on any atom is 0.219 e. The molecule has 4 aromatic rings. The molecule has 1 aliphatic heterocycles. The fourth-order valence-corrected chi connectivity index (χ4v) is 3.53. The summed E-state index contributed by atoms with van der Waals surface area (Å²) in [5, 5.41) is 15.0. The largest absolute Gasteiger partial charge is 0.493 e. The smallest absolute Gasteiger partial charge is 0.219 e. The van der Waals surface area contributed by atoms with Crippen LogP contribution >= 0.6 is 0 Å². The predicted molar refractivity (Wildman–Crippen MR) is 95.4 cm³/mol. The molecule has 0 bridgehead atoms. The van der Waals surface area contributed by atoms with Gasteiger partial charge in [0, 0.05) is 40.8 Å². The van der Waals surface area contributed by atoms with Crippen LogP contribution in [-0.4, -0.2) is 25.0 Å². The monoisotopic (exact) mass is 329 g/mol. The first-order chi connectivity index (χ1) is 12.2. The van der Waals surface area contributed by atoms with Crippen LogP contribution in [0.5, 0.6) is 5.88 Å². The predicted octanol–water partition coefficient (Wildman–Crippen LogP) is 3.55. The molecule has 6 nitrogen and oxygen atoms in total. The first-order valence-electron chi connectivity index (χ1n) is 8.07. The van der Waals surface area contributed by atoms with E-state index in [2.05, 4.69) is 31.3 Å². The van der Waals surface area contributed by atoms with Crippen LogP contribution in [0.1, 0.15) is 23.0 Å². The number of nitrogens with one attached hydrogen (secondary N) is 2. The van der Waals surface area contributed by atoms with Gasteiger partial charge in [0.1, 0.15) is 11.5 Å². The van der Waals surface area contributed by atoms with E-state index in [1.54, 1.807) is 13.1 Å². The highest BCUT2D eigenvalue weighted by atomic mass is 16.3. The molecule has 1 aliphatic rings. The van der Waals surface area contributed by atoms with Gasteiger partial charge in [-0.15, -0.1) is 0 Å². The van der Waals surface area contributed by atoms with Gasteiger partial charge in [-0.25, -0.2) is 9.97 Å². The highest BCUT2D eigenvalue weighted by molar-refractivity contribution is 6.01. The van der Waals surface area contributed by atoms with Crippen LogP contribution in [0.15, 0.2) is 48.9 Å². The maximum absolute atomic E-state index is 10.4. The van der Waals surface area contributed by atoms with E-state index in [1.165, 1.54) is 0 Å². The lowest BCUT2D eigenvalue weighted by atomic mass is 9.98. The second kappa shape index (κ2) is 5.04. The van der Waals surface area contributed by atoms with Gasteiger partial charge in [0.25, 0.3) is 0 Å². The molecule has 0 spiro atoms. The Labute approximate surface area is 143 Å². The summed E-state index contributed by atoms with van der Waals surface area (Å²) >= 11 is 0. The fourth-order valence-electron chi connectivity index (χ4n) is 3.53. The minimum Gasteiger partial charge on any atom is -0.493 e.